The summed E-state index contributed by atoms with van der Waals surface area (Å²) in [5.74, 6) is 0.723. The van der Waals surface area contributed by atoms with Gasteiger partial charge in [-0.15, -0.1) is 11.3 Å². The maximum Gasteiger partial charge on any atom is 0.129 e. The van der Waals surface area contributed by atoms with Gasteiger partial charge in [-0.2, -0.15) is 5.26 Å². The van der Waals surface area contributed by atoms with E-state index in [1.54, 1.807) is 25.3 Å². The molecule has 0 aliphatic carbocycles. The van der Waals surface area contributed by atoms with E-state index in [1.165, 1.54) is 11.3 Å². The molecule has 2 aromatic rings. The first kappa shape index (κ1) is 11.1. The summed E-state index contributed by atoms with van der Waals surface area (Å²) in [5, 5.41) is 11.6. The number of benzene rings is 1. The van der Waals surface area contributed by atoms with E-state index in [4.69, 9.17) is 10.00 Å². The van der Waals surface area contributed by atoms with Crippen molar-refractivity contribution in [1.29, 1.82) is 5.26 Å². The van der Waals surface area contributed by atoms with Crippen molar-refractivity contribution < 1.29 is 4.74 Å². The van der Waals surface area contributed by atoms with Crippen molar-refractivity contribution in [3.63, 3.8) is 0 Å². The molecular weight excluding hydrogens is 288 g/mol. The molecule has 0 saturated heterocycles. The van der Waals surface area contributed by atoms with Crippen LogP contribution >= 0.6 is 27.3 Å². The zero-order valence-electron chi connectivity index (χ0n) is 8.40. The van der Waals surface area contributed by atoms with Gasteiger partial charge >= 0.3 is 0 Å². The van der Waals surface area contributed by atoms with Gasteiger partial charge < -0.3 is 4.74 Å². The van der Waals surface area contributed by atoms with Crippen LogP contribution in [0.3, 0.4) is 0 Å². The molecule has 0 N–H and O–H groups in total. The molecule has 0 unspecified atom stereocenters. The van der Waals surface area contributed by atoms with E-state index in [2.05, 4.69) is 27.0 Å². The molecule has 0 amide bonds. The Hall–Kier alpha value is -1.38. The Balaban J connectivity index is 2.57. The maximum absolute atomic E-state index is 8.86. The van der Waals surface area contributed by atoms with Gasteiger partial charge in [0, 0.05) is 5.38 Å². The van der Waals surface area contributed by atoms with E-state index in [0.29, 0.717) is 5.56 Å². The smallest absolute Gasteiger partial charge is 0.129 e. The van der Waals surface area contributed by atoms with Crippen molar-refractivity contribution >= 4 is 27.3 Å². The molecule has 3 nitrogen and oxygen atoms in total. The van der Waals surface area contributed by atoms with Crippen LogP contribution in [0.25, 0.3) is 10.6 Å². The monoisotopic (exact) mass is 294 g/mol. The summed E-state index contributed by atoms with van der Waals surface area (Å²) in [6.45, 7) is 0. The lowest BCUT2D eigenvalue weighted by Crippen LogP contribution is -1.88. The number of aromatic nitrogens is 1. The number of methoxy groups -OCH3 is 1. The minimum absolute atomic E-state index is 0.599. The highest BCUT2D eigenvalue weighted by atomic mass is 79.9. The lowest BCUT2D eigenvalue weighted by atomic mass is 10.1. The summed E-state index contributed by atoms with van der Waals surface area (Å²) in [7, 11) is 1.60. The first-order valence-electron chi connectivity index (χ1n) is 4.44. The van der Waals surface area contributed by atoms with Crippen LogP contribution in [-0.4, -0.2) is 12.1 Å². The zero-order chi connectivity index (χ0) is 11.5. The molecule has 0 bridgehead atoms. The van der Waals surface area contributed by atoms with E-state index in [0.717, 1.165) is 20.9 Å². The Labute approximate surface area is 105 Å². The number of thiazole rings is 1. The molecule has 0 aliphatic rings. The van der Waals surface area contributed by atoms with E-state index in [-0.39, 0.29) is 0 Å². The Bertz CT molecular complexity index is 559. The molecule has 80 valence electrons. The van der Waals surface area contributed by atoms with Crippen LogP contribution in [-0.2, 0) is 0 Å². The number of nitriles is 1. The average Bonchev–Trinajstić information content (AvgIpc) is 2.75. The second kappa shape index (κ2) is 4.64. The molecule has 0 aliphatic heterocycles. The van der Waals surface area contributed by atoms with Gasteiger partial charge in [0.1, 0.15) is 15.4 Å². The zero-order valence-corrected chi connectivity index (χ0v) is 10.8. The van der Waals surface area contributed by atoms with Crippen LogP contribution in [0, 0.1) is 11.3 Å². The molecule has 0 atom stereocenters. The predicted molar refractivity (Wildman–Crippen MR) is 66.5 cm³/mol. The highest BCUT2D eigenvalue weighted by Gasteiger charge is 2.10. The Morgan fingerprint density at radius 2 is 2.31 bits per heavy atom. The minimum atomic E-state index is 0.599. The van der Waals surface area contributed by atoms with Gasteiger partial charge in [-0.25, -0.2) is 4.98 Å². The van der Waals surface area contributed by atoms with Crippen molar-refractivity contribution in [2.75, 3.05) is 7.11 Å². The molecule has 0 fully saturated rings. The lowest BCUT2D eigenvalue weighted by Gasteiger charge is -2.05. The first-order chi connectivity index (χ1) is 7.74. The van der Waals surface area contributed by atoms with Gasteiger partial charge in [-0.05, 0) is 34.1 Å². The quantitative estimate of drug-likeness (QED) is 0.852. The van der Waals surface area contributed by atoms with Gasteiger partial charge in [-0.1, -0.05) is 0 Å². The van der Waals surface area contributed by atoms with Gasteiger partial charge in [0.2, 0.25) is 0 Å². The fourth-order valence-electron chi connectivity index (χ4n) is 1.32. The fraction of sp³-hybridized carbons (Fsp3) is 0.0909. The Morgan fingerprint density at radius 3 is 2.88 bits per heavy atom. The SMILES string of the molecule is COc1ccc(C#N)cc1-c1nc(Br)cs1. The van der Waals surface area contributed by atoms with E-state index in [9.17, 15) is 0 Å². The number of halogens is 1. The minimum Gasteiger partial charge on any atom is -0.496 e. The normalized spacial score (nSPS) is 9.81. The van der Waals surface area contributed by atoms with Crippen LogP contribution < -0.4 is 4.74 Å². The van der Waals surface area contributed by atoms with Gasteiger partial charge in [-0.3, -0.25) is 0 Å². The summed E-state index contributed by atoms with van der Waals surface area (Å²) in [6.07, 6.45) is 0. The molecule has 5 heteroatoms. The highest BCUT2D eigenvalue weighted by molar-refractivity contribution is 9.10. The van der Waals surface area contributed by atoms with Gasteiger partial charge in [0.25, 0.3) is 0 Å². The topological polar surface area (TPSA) is 45.9 Å². The molecule has 16 heavy (non-hydrogen) atoms. The number of hydrogen-bond donors (Lipinski definition) is 0. The van der Waals surface area contributed by atoms with E-state index < -0.39 is 0 Å². The summed E-state index contributed by atoms with van der Waals surface area (Å²) in [5.41, 5.74) is 1.44. The second-order valence-corrected chi connectivity index (χ2v) is 4.67. The Kier molecular flexibility index (Phi) is 3.22. The standard InChI is InChI=1S/C11H7BrN2OS/c1-15-9-3-2-7(5-13)4-8(9)11-14-10(12)6-16-11/h2-4,6H,1H3. The third-order valence-corrected chi connectivity index (χ3v) is 3.62. The van der Waals surface area contributed by atoms with Crippen LogP contribution in [0.2, 0.25) is 0 Å². The highest BCUT2D eigenvalue weighted by Crippen LogP contribution is 2.33. The maximum atomic E-state index is 8.86. The molecule has 1 heterocycles. The predicted octanol–water partition coefficient (Wildman–Crippen LogP) is 3.45. The number of ether oxygens (including phenoxy) is 1. The molecule has 1 aromatic carbocycles. The molecule has 0 spiro atoms. The van der Waals surface area contributed by atoms with Crippen LogP contribution in [0.5, 0.6) is 5.75 Å². The summed E-state index contributed by atoms with van der Waals surface area (Å²) in [4.78, 5) is 4.31. The molecule has 0 radical (unpaired) electrons. The van der Waals surface area contributed by atoms with Crippen molar-refractivity contribution in [3.8, 4) is 22.4 Å². The van der Waals surface area contributed by atoms with Crippen molar-refractivity contribution in [1.82, 2.24) is 4.98 Å². The van der Waals surface area contributed by atoms with Gasteiger partial charge in [0.15, 0.2) is 0 Å². The molecule has 0 saturated carbocycles. The van der Waals surface area contributed by atoms with Crippen LogP contribution in [0.1, 0.15) is 5.56 Å². The average molecular weight is 295 g/mol. The van der Waals surface area contributed by atoms with Gasteiger partial charge in [0.05, 0.1) is 24.3 Å². The van der Waals surface area contributed by atoms with Crippen LogP contribution in [0.15, 0.2) is 28.2 Å². The number of nitrogens with zero attached hydrogens (tertiary/aromatic N) is 2. The molecular formula is C11H7BrN2OS. The van der Waals surface area contributed by atoms with Crippen molar-refractivity contribution in [2.45, 2.75) is 0 Å². The van der Waals surface area contributed by atoms with Crippen LogP contribution in [0.4, 0.5) is 0 Å². The number of rotatable bonds is 2. The summed E-state index contributed by atoms with van der Waals surface area (Å²) >= 11 is 4.81. The third-order valence-electron chi connectivity index (χ3n) is 2.04. The molecule has 1 aromatic heterocycles. The van der Waals surface area contributed by atoms with E-state index in [1.807, 2.05) is 5.38 Å². The van der Waals surface area contributed by atoms with Crippen molar-refractivity contribution in [3.05, 3.63) is 33.7 Å². The summed E-state index contributed by atoms with van der Waals surface area (Å²) in [6, 6.07) is 7.39. The second-order valence-electron chi connectivity index (χ2n) is 3.00. The third kappa shape index (κ3) is 2.08. The molecule has 2 rings (SSSR count). The Morgan fingerprint density at radius 1 is 1.50 bits per heavy atom. The van der Waals surface area contributed by atoms with E-state index >= 15 is 0 Å². The lowest BCUT2D eigenvalue weighted by molar-refractivity contribution is 0.416. The fourth-order valence-corrected chi connectivity index (χ4v) is 2.60. The number of hydrogen-bond acceptors (Lipinski definition) is 4. The summed E-state index contributed by atoms with van der Waals surface area (Å²) < 4.78 is 6.04. The largest absolute Gasteiger partial charge is 0.496 e. The van der Waals surface area contributed by atoms with Crippen molar-refractivity contribution in [2.24, 2.45) is 0 Å². The first-order valence-corrected chi connectivity index (χ1v) is 6.11.